The molecule has 3 rings (SSSR count). The first-order chi connectivity index (χ1) is 12.8. The molecule has 2 N–H and O–H groups in total. The molecule has 0 bridgehead atoms. The lowest BCUT2D eigenvalue weighted by molar-refractivity contribution is -0.130. The molecule has 140 valence electrons. The minimum absolute atomic E-state index is 0.0907. The first-order valence-corrected chi connectivity index (χ1v) is 8.60. The molecular weight excluding hydrogens is 373 g/mol. The molecule has 6 nitrogen and oxygen atoms in total. The van der Waals surface area contributed by atoms with Gasteiger partial charge in [-0.3, -0.25) is 9.59 Å². The summed E-state index contributed by atoms with van der Waals surface area (Å²) in [6, 6.07) is 8.29. The van der Waals surface area contributed by atoms with Crippen molar-refractivity contribution < 1.29 is 18.8 Å². The van der Waals surface area contributed by atoms with Crippen LogP contribution in [0.1, 0.15) is 11.1 Å². The third kappa shape index (κ3) is 3.78. The standard InChI is InChI=1S/C19H17ClFN3O3/c1-10-3-6-16(11(2)7-10)23-17(25)13-9-22-19(27)24(18(13)26)12-4-5-15(21)14(20)8-12/h3-8,13H,9H2,1-2H3,(H,22,27)(H,23,25). The maximum Gasteiger partial charge on any atom is 0.328 e. The van der Waals surface area contributed by atoms with Crippen LogP contribution >= 0.6 is 11.6 Å². The Morgan fingerprint density at radius 3 is 2.63 bits per heavy atom. The lowest BCUT2D eigenvalue weighted by Gasteiger charge is -2.30. The maximum atomic E-state index is 13.4. The average molecular weight is 390 g/mol. The fraction of sp³-hybridized carbons (Fsp3) is 0.211. The van der Waals surface area contributed by atoms with Gasteiger partial charge in [0, 0.05) is 12.2 Å². The Balaban J connectivity index is 1.84. The molecule has 2 aromatic rings. The molecular formula is C19H17ClFN3O3. The van der Waals surface area contributed by atoms with E-state index in [0.717, 1.165) is 22.1 Å². The van der Waals surface area contributed by atoms with Gasteiger partial charge in [-0.1, -0.05) is 29.3 Å². The topological polar surface area (TPSA) is 78.5 Å². The van der Waals surface area contributed by atoms with Crippen molar-refractivity contribution in [2.24, 2.45) is 5.92 Å². The van der Waals surface area contributed by atoms with Crippen LogP contribution < -0.4 is 15.5 Å². The van der Waals surface area contributed by atoms with Crippen molar-refractivity contribution in [3.05, 3.63) is 58.4 Å². The number of hydrogen-bond donors (Lipinski definition) is 2. The van der Waals surface area contributed by atoms with Crippen LogP contribution in [0.2, 0.25) is 5.02 Å². The van der Waals surface area contributed by atoms with Crippen molar-refractivity contribution in [3.8, 4) is 0 Å². The molecule has 4 amide bonds. The number of nitrogens with one attached hydrogen (secondary N) is 2. The highest BCUT2D eigenvalue weighted by Crippen LogP contribution is 2.26. The van der Waals surface area contributed by atoms with Crippen LogP contribution in [0.3, 0.4) is 0 Å². The Hall–Kier alpha value is -2.93. The van der Waals surface area contributed by atoms with Crippen LogP contribution in [0.15, 0.2) is 36.4 Å². The van der Waals surface area contributed by atoms with E-state index in [1.165, 1.54) is 12.1 Å². The summed E-state index contributed by atoms with van der Waals surface area (Å²) in [7, 11) is 0. The number of anilines is 2. The Labute approximate surface area is 160 Å². The number of nitrogens with zero attached hydrogens (tertiary/aromatic N) is 1. The van der Waals surface area contributed by atoms with Crippen molar-refractivity contribution in [2.75, 3.05) is 16.8 Å². The number of rotatable bonds is 3. The normalized spacial score (nSPS) is 16.9. The van der Waals surface area contributed by atoms with Gasteiger partial charge in [-0.25, -0.2) is 14.1 Å². The predicted molar refractivity (Wildman–Crippen MR) is 100 cm³/mol. The summed E-state index contributed by atoms with van der Waals surface area (Å²) in [4.78, 5) is 38.3. The SMILES string of the molecule is Cc1ccc(NC(=O)C2CNC(=O)N(c3ccc(F)c(Cl)c3)C2=O)c(C)c1. The lowest BCUT2D eigenvalue weighted by atomic mass is 10.0. The maximum absolute atomic E-state index is 13.4. The van der Waals surface area contributed by atoms with E-state index in [-0.39, 0.29) is 17.3 Å². The van der Waals surface area contributed by atoms with E-state index in [1.807, 2.05) is 26.0 Å². The quantitative estimate of drug-likeness (QED) is 0.789. The zero-order valence-corrected chi connectivity index (χ0v) is 15.4. The third-order valence-electron chi connectivity index (χ3n) is 4.30. The number of halogens is 2. The van der Waals surface area contributed by atoms with E-state index in [9.17, 15) is 18.8 Å². The molecule has 1 heterocycles. The molecule has 1 saturated heterocycles. The second kappa shape index (κ2) is 7.36. The van der Waals surface area contributed by atoms with Gasteiger partial charge in [0.05, 0.1) is 10.7 Å². The highest BCUT2D eigenvalue weighted by atomic mass is 35.5. The van der Waals surface area contributed by atoms with E-state index >= 15 is 0 Å². The summed E-state index contributed by atoms with van der Waals surface area (Å²) in [5.41, 5.74) is 2.59. The van der Waals surface area contributed by atoms with Crippen LogP contribution in [-0.2, 0) is 9.59 Å². The average Bonchev–Trinajstić information content (AvgIpc) is 2.60. The minimum atomic E-state index is -1.12. The van der Waals surface area contributed by atoms with Crippen molar-refractivity contribution in [2.45, 2.75) is 13.8 Å². The van der Waals surface area contributed by atoms with Gasteiger partial charge in [-0.2, -0.15) is 0 Å². The summed E-state index contributed by atoms with van der Waals surface area (Å²) in [5.74, 6) is -3.03. The monoisotopic (exact) mass is 389 g/mol. The molecule has 8 heteroatoms. The minimum Gasteiger partial charge on any atom is -0.336 e. The van der Waals surface area contributed by atoms with Gasteiger partial charge in [0.25, 0.3) is 0 Å². The molecule has 0 saturated carbocycles. The predicted octanol–water partition coefficient (Wildman–Crippen LogP) is 3.41. The number of aryl methyl sites for hydroxylation is 2. The molecule has 1 aliphatic heterocycles. The molecule has 1 unspecified atom stereocenters. The van der Waals surface area contributed by atoms with Gasteiger partial charge < -0.3 is 10.6 Å². The van der Waals surface area contributed by atoms with Gasteiger partial charge >= 0.3 is 6.03 Å². The van der Waals surface area contributed by atoms with Gasteiger partial charge in [-0.15, -0.1) is 0 Å². The second-order valence-corrected chi connectivity index (χ2v) is 6.73. The van der Waals surface area contributed by atoms with Crippen molar-refractivity contribution in [3.63, 3.8) is 0 Å². The first-order valence-electron chi connectivity index (χ1n) is 8.23. The summed E-state index contributed by atoms with van der Waals surface area (Å²) >= 11 is 5.74. The smallest absolute Gasteiger partial charge is 0.328 e. The third-order valence-corrected chi connectivity index (χ3v) is 4.59. The van der Waals surface area contributed by atoms with E-state index in [0.29, 0.717) is 5.69 Å². The number of benzene rings is 2. The van der Waals surface area contributed by atoms with Crippen LogP contribution in [-0.4, -0.2) is 24.4 Å². The summed E-state index contributed by atoms with van der Waals surface area (Å²) in [6.45, 7) is 3.66. The van der Waals surface area contributed by atoms with Crippen LogP contribution in [0.25, 0.3) is 0 Å². The molecule has 0 aromatic heterocycles. The fourth-order valence-corrected chi connectivity index (χ4v) is 3.03. The number of carbonyl (C=O) groups excluding carboxylic acids is 3. The molecule has 2 aromatic carbocycles. The molecule has 0 spiro atoms. The van der Waals surface area contributed by atoms with Gasteiger partial charge in [0.1, 0.15) is 11.7 Å². The largest absolute Gasteiger partial charge is 0.336 e. The molecule has 1 aliphatic rings. The Bertz CT molecular complexity index is 948. The van der Waals surface area contributed by atoms with Crippen LogP contribution in [0.5, 0.6) is 0 Å². The van der Waals surface area contributed by atoms with E-state index in [1.54, 1.807) is 6.07 Å². The zero-order chi connectivity index (χ0) is 19.7. The van der Waals surface area contributed by atoms with E-state index < -0.39 is 29.6 Å². The van der Waals surface area contributed by atoms with Crippen molar-refractivity contribution >= 4 is 40.8 Å². The van der Waals surface area contributed by atoms with Crippen LogP contribution in [0.4, 0.5) is 20.6 Å². The van der Waals surface area contributed by atoms with E-state index in [2.05, 4.69) is 10.6 Å². The molecule has 0 aliphatic carbocycles. The van der Waals surface area contributed by atoms with Gasteiger partial charge in [-0.05, 0) is 43.7 Å². The van der Waals surface area contributed by atoms with Gasteiger partial charge in [0.2, 0.25) is 11.8 Å². The molecule has 1 fully saturated rings. The number of amides is 4. The Morgan fingerprint density at radius 2 is 1.96 bits per heavy atom. The molecule has 27 heavy (non-hydrogen) atoms. The highest BCUT2D eigenvalue weighted by Gasteiger charge is 2.39. The van der Waals surface area contributed by atoms with Crippen molar-refractivity contribution in [1.82, 2.24) is 5.32 Å². The highest BCUT2D eigenvalue weighted by molar-refractivity contribution is 6.31. The number of hydrogen-bond acceptors (Lipinski definition) is 3. The van der Waals surface area contributed by atoms with E-state index in [4.69, 9.17) is 11.6 Å². The fourth-order valence-electron chi connectivity index (χ4n) is 2.86. The second-order valence-electron chi connectivity index (χ2n) is 6.32. The number of urea groups is 1. The number of imide groups is 1. The summed E-state index contributed by atoms with van der Waals surface area (Å²) in [6.07, 6.45) is 0. The molecule has 0 radical (unpaired) electrons. The Kier molecular flexibility index (Phi) is 5.14. The lowest BCUT2D eigenvalue weighted by Crippen LogP contribution is -2.58. The first kappa shape index (κ1) is 18.8. The number of carbonyl (C=O) groups is 3. The molecule has 1 atom stereocenters. The van der Waals surface area contributed by atoms with Gasteiger partial charge in [0.15, 0.2) is 0 Å². The Morgan fingerprint density at radius 1 is 1.22 bits per heavy atom. The zero-order valence-electron chi connectivity index (χ0n) is 14.7. The van der Waals surface area contributed by atoms with Crippen molar-refractivity contribution in [1.29, 1.82) is 0 Å². The summed E-state index contributed by atoms with van der Waals surface area (Å²) in [5, 5.41) is 5.00. The summed E-state index contributed by atoms with van der Waals surface area (Å²) < 4.78 is 13.4. The van der Waals surface area contributed by atoms with Crippen LogP contribution in [0, 0.1) is 25.6 Å².